The molecule has 0 unspecified atom stereocenters. The Bertz CT molecular complexity index is 233. The van der Waals surface area contributed by atoms with E-state index in [0.29, 0.717) is 5.41 Å². The van der Waals surface area contributed by atoms with Crippen LogP contribution in [0.4, 0.5) is 0 Å². The molecule has 0 atom stereocenters. The fourth-order valence-corrected chi connectivity index (χ4v) is 3.58. The van der Waals surface area contributed by atoms with Gasteiger partial charge in [0, 0.05) is 25.2 Å². The predicted molar refractivity (Wildman–Crippen MR) is 78.9 cm³/mol. The lowest BCUT2D eigenvalue weighted by molar-refractivity contribution is 0.127. The van der Waals surface area contributed by atoms with Gasteiger partial charge >= 0.3 is 0 Å². The van der Waals surface area contributed by atoms with E-state index in [1.807, 2.05) is 0 Å². The summed E-state index contributed by atoms with van der Waals surface area (Å²) in [4.78, 5) is 2.59. The van der Waals surface area contributed by atoms with Crippen molar-refractivity contribution in [1.29, 1.82) is 0 Å². The van der Waals surface area contributed by atoms with Crippen LogP contribution >= 0.6 is 0 Å². The third-order valence-electron chi connectivity index (χ3n) is 5.18. The summed E-state index contributed by atoms with van der Waals surface area (Å²) >= 11 is 0. The Morgan fingerprint density at radius 1 is 1.06 bits per heavy atom. The molecule has 0 aromatic rings. The Balaban J connectivity index is 1.61. The lowest BCUT2D eigenvalue weighted by Gasteiger charge is -2.38. The van der Waals surface area contributed by atoms with Crippen molar-refractivity contribution in [1.82, 2.24) is 10.2 Å². The van der Waals surface area contributed by atoms with Crippen LogP contribution in [0.25, 0.3) is 0 Å². The largest absolute Gasteiger partial charge is 0.313 e. The topological polar surface area (TPSA) is 15.3 Å². The van der Waals surface area contributed by atoms with Gasteiger partial charge in [-0.3, -0.25) is 0 Å². The number of nitrogens with one attached hydrogen (secondary N) is 1. The second-order valence-electron chi connectivity index (χ2n) is 7.31. The summed E-state index contributed by atoms with van der Waals surface area (Å²) in [5.74, 6) is 0. The minimum Gasteiger partial charge on any atom is -0.313 e. The summed E-state index contributed by atoms with van der Waals surface area (Å²) in [6.07, 6.45) is 11.3. The first-order chi connectivity index (χ1) is 8.57. The normalized spacial score (nSPS) is 26.0. The summed E-state index contributed by atoms with van der Waals surface area (Å²) in [6.45, 7) is 7.25. The molecule has 0 heterocycles. The second-order valence-corrected chi connectivity index (χ2v) is 7.31. The zero-order chi connectivity index (χ0) is 13.0. The molecule has 0 aromatic carbocycles. The fourth-order valence-electron chi connectivity index (χ4n) is 3.58. The van der Waals surface area contributed by atoms with Crippen molar-refractivity contribution >= 4 is 0 Å². The van der Waals surface area contributed by atoms with Gasteiger partial charge in [0.05, 0.1) is 0 Å². The fraction of sp³-hybridized carbons (Fsp3) is 1.00. The third kappa shape index (κ3) is 4.24. The van der Waals surface area contributed by atoms with Gasteiger partial charge in [0.15, 0.2) is 0 Å². The van der Waals surface area contributed by atoms with Crippen molar-refractivity contribution in [3.05, 3.63) is 0 Å². The highest BCUT2D eigenvalue weighted by Gasteiger charge is 2.28. The molecule has 2 nitrogen and oxygen atoms in total. The molecule has 106 valence electrons. The van der Waals surface area contributed by atoms with Gasteiger partial charge in [0.1, 0.15) is 0 Å². The van der Waals surface area contributed by atoms with E-state index in [1.54, 1.807) is 0 Å². The first kappa shape index (κ1) is 14.3. The van der Waals surface area contributed by atoms with Gasteiger partial charge in [0.25, 0.3) is 0 Å². The Labute approximate surface area is 114 Å². The molecule has 2 fully saturated rings. The average molecular weight is 252 g/mol. The molecule has 2 aliphatic carbocycles. The van der Waals surface area contributed by atoms with Crippen LogP contribution in [0, 0.1) is 5.41 Å². The molecule has 0 saturated heterocycles. The first-order valence-electron chi connectivity index (χ1n) is 8.00. The molecule has 0 spiro atoms. The summed E-state index contributed by atoms with van der Waals surface area (Å²) in [6, 6.07) is 1.66. The molecule has 0 amide bonds. The van der Waals surface area contributed by atoms with E-state index in [9.17, 15) is 0 Å². The monoisotopic (exact) mass is 252 g/mol. The third-order valence-corrected chi connectivity index (χ3v) is 5.18. The van der Waals surface area contributed by atoms with E-state index in [4.69, 9.17) is 0 Å². The van der Waals surface area contributed by atoms with Crippen molar-refractivity contribution in [2.75, 3.05) is 20.1 Å². The lowest BCUT2D eigenvalue weighted by Crippen LogP contribution is -2.41. The van der Waals surface area contributed by atoms with Crippen LogP contribution in [0.15, 0.2) is 0 Å². The Morgan fingerprint density at radius 2 is 1.67 bits per heavy atom. The molecule has 0 bridgehead atoms. The van der Waals surface area contributed by atoms with Crippen molar-refractivity contribution in [2.45, 2.75) is 77.3 Å². The second kappa shape index (κ2) is 6.38. The van der Waals surface area contributed by atoms with Crippen LogP contribution < -0.4 is 5.32 Å². The maximum Gasteiger partial charge on any atom is 0.0107 e. The van der Waals surface area contributed by atoms with Crippen molar-refractivity contribution < 1.29 is 0 Å². The number of hydrogen-bond donors (Lipinski definition) is 1. The summed E-state index contributed by atoms with van der Waals surface area (Å²) < 4.78 is 0. The van der Waals surface area contributed by atoms with Gasteiger partial charge in [-0.25, -0.2) is 0 Å². The van der Waals surface area contributed by atoms with Gasteiger partial charge in [-0.2, -0.15) is 0 Å². The van der Waals surface area contributed by atoms with Gasteiger partial charge in [-0.15, -0.1) is 0 Å². The first-order valence-corrected chi connectivity index (χ1v) is 8.00. The smallest absolute Gasteiger partial charge is 0.0107 e. The van der Waals surface area contributed by atoms with E-state index in [0.717, 1.165) is 12.1 Å². The molecule has 0 aliphatic heterocycles. The van der Waals surface area contributed by atoms with E-state index >= 15 is 0 Å². The molecule has 2 saturated carbocycles. The quantitative estimate of drug-likeness (QED) is 0.806. The number of likely N-dealkylation sites (N-methyl/N-ethyl adjacent to an activating group) is 1. The zero-order valence-corrected chi connectivity index (χ0v) is 12.7. The number of hydrogen-bond acceptors (Lipinski definition) is 2. The van der Waals surface area contributed by atoms with Crippen molar-refractivity contribution in [3.63, 3.8) is 0 Å². The summed E-state index contributed by atoms with van der Waals surface area (Å²) in [7, 11) is 2.32. The van der Waals surface area contributed by atoms with Gasteiger partial charge in [-0.05, 0) is 51.0 Å². The molecular weight excluding hydrogens is 220 g/mol. The molecule has 2 rings (SSSR count). The summed E-state index contributed by atoms with van der Waals surface area (Å²) in [5, 5.41) is 3.73. The molecule has 0 aromatic heterocycles. The minimum absolute atomic E-state index is 0.597. The van der Waals surface area contributed by atoms with Gasteiger partial charge in [-0.1, -0.05) is 26.7 Å². The average Bonchev–Trinajstić information content (AvgIpc) is 2.82. The predicted octanol–water partition coefficient (Wildman–Crippen LogP) is 3.42. The molecule has 18 heavy (non-hydrogen) atoms. The molecule has 2 heteroatoms. The highest BCUT2D eigenvalue weighted by atomic mass is 15.1. The molecule has 0 radical (unpaired) electrons. The molecular formula is C16H32N2. The number of nitrogens with zero attached hydrogens (tertiary/aromatic N) is 1. The highest BCUT2D eigenvalue weighted by molar-refractivity contribution is 4.83. The van der Waals surface area contributed by atoms with Crippen molar-refractivity contribution in [2.24, 2.45) is 5.41 Å². The van der Waals surface area contributed by atoms with E-state index in [2.05, 4.69) is 31.1 Å². The Morgan fingerprint density at radius 3 is 2.28 bits per heavy atom. The van der Waals surface area contributed by atoms with E-state index in [-0.39, 0.29) is 0 Å². The van der Waals surface area contributed by atoms with Crippen LogP contribution in [0.2, 0.25) is 0 Å². The highest BCUT2D eigenvalue weighted by Crippen LogP contribution is 2.36. The zero-order valence-electron chi connectivity index (χ0n) is 12.7. The van der Waals surface area contributed by atoms with E-state index in [1.165, 1.54) is 64.5 Å². The minimum atomic E-state index is 0.597. The molecule has 1 N–H and O–H groups in total. The van der Waals surface area contributed by atoms with Crippen LogP contribution in [-0.4, -0.2) is 37.1 Å². The van der Waals surface area contributed by atoms with Gasteiger partial charge < -0.3 is 10.2 Å². The lowest BCUT2D eigenvalue weighted by atomic mass is 9.75. The SMILES string of the molecule is CN(CCNC1CCCC1)C1CCC(C)(C)CC1. The van der Waals surface area contributed by atoms with E-state index < -0.39 is 0 Å². The number of rotatable bonds is 5. The Kier molecular flexibility index (Phi) is 5.08. The molecule has 2 aliphatic rings. The van der Waals surface area contributed by atoms with Gasteiger partial charge in [0.2, 0.25) is 0 Å². The van der Waals surface area contributed by atoms with Crippen LogP contribution in [-0.2, 0) is 0 Å². The maximum atomic E-state index is 3.73. The van der Waals surface area contributed by atoms with Crippen LogP contribution in [0.1, 0.15) is 65.2 Å². The summed E-state index contributed by atoms with van der Waals surface area (Å²) in [5.41, 5.74) is 0.597. The standard InChI is InChI=1S/C16H32N2/c1-16(2)10-8-15(9-11-16)18(3)13-12-17-14-6-4-5-7-14/h14-15,17H,4-13H2,1-3H3. The van der Waals surface area contributed by atoms with Crippen LogP contribution in [0.3, 0.4) is 0 Å². The van der Waals surface area contributed by atoms with Crippen LogP contribution in [0.5, 0.6) is 0 Å². The Hall–Kier alpha value is -0.0800. The maximum absolute atomic E-state index is 3.73. The van der Waals surface area contributed by atoms with Crippen molar-refractivity contribution in [3.8, 4) is 0 Å².